The highest BCUT2D eigenvalue weighted by Gasteiger charge is 2.35. The Morgan fingerprint density at radius 2 is 2.20 bits per heavy atom. The Labute approximate surface area is 124 Å². The first-order valence-corrected chi connectivity index (χ1v) is 8.16. The maximum atomic E-state index is 11.3. The van der Waals surface area contributed by atoms with Gasteiger partial charge in [0.25, 0.3) is 0 Å². The Balaban J connectivity index is 2.15. The van der Waals surface area contributed by atoms with E-state index in [1.54, 1.807) is 25.2 Å². The maximum absolute atomic E-state index is 11.3. The Kier molecular flexibility index (Phi) is 4.37. The monoisotopic (exact) mass is 296 g/mol. The van der Waals surface area contributed by atoms with Gasteiger partial charge in [0.1, 0.15) is 5.41 Å². The van der Waals surface area contributed by atoms with Crippen molar-refractivity contribution in [3.63, 3.8) is 0 Å². The van der Waals surface area contributed by atoms with E-state index in [2.05, 4.69) is 23.7 Å². The number of carbonyl (C=O) groups is 1. The van der Waals surface area contributed by atoms with Crippen molar-refractivity contribution >= 4 is 22.4 Å². The van der Waals surface area contributed by atoms with E-state index < -0.39 is 11.4 Å². The number of aromatic nitrogens is 1. The van der Waals surface area contributed by atoms with Crippen LogP contribution < -0.4 is 4.90 Å². The normalized spacial score (nSPS) is 15.7. The summed E-state index contributed by atoms with van der Waals surface area (Å²) in [5.41, 5.74) is -0.248. The summed E-state index contributed by atoms with van der Waals surface area (Å²) in [6, 6.07) is 0.612. The summed E-state index contributed by atoms with van der Waals surface area (Å²) in [5, 5.41) is 12.2. The average molecular weight is 296 g/mol. The predicted molar refractivity (Wildman–Crippen MR) is 82.6 cm³/mol. The number of aliphatic carboxylic acids is 1. The summed E-state index contributed by atoms with van der Waals surface area (Å²) < 4.78 is 0. The number of carboxylic acids is 1. The van der Waals surface area contributed by atoms with Crippen LogP contribution in [-0.2, 0) is 10.2 Å². The standard InChI is InChI=1S/C15H24N2O2S/c1-10(2)7-8-17(11-5-6-11)14-16-12(9-20-14)15(3,4)13(18)19/h9-11H,5-8H2,1-4H3,(H,18,19). The van der Waals surface area contributed by atoms with E-state index >= 15 is 0 Å². The molecule has 5 heteroatoms. The molecule has 0 unspecified atom stereocenters. The molecule has 0 aliphatic heterocycles. The Hall–Kier alpha value is -1.10. The third-order valence-electron chi connectivity index (χ3n) is 3.85. The molecule has 0 bridgehead atoms. The van der Waals surface area contributed by atoms with Crippen LogP contribution in [0.1, 0.15) is 52.7 Å². The van der Waals surface area contributed by atoms with E-state index in [-0.39, 0.29) is 0 Å². The summed E-state index contributed by atoms with van der Waals surface area (Å²) >= 11 is 1.57. The molecule has 1 aliphatic rings. The molecule has 20 heavy (non-hydrogen) atoms. The molecule has 0 radical (unpaired) electrons. The lowest BCUT2D eigenvalue weighted by molar-refractivity contribution is -0.142. The van der Waals surface area contributed by atoms with Gasteiger partial charge >= 0.3 is 5.97 Å². The van der Waals surface area contributed by atoms with E-state index in [1.807, 2.05) is 5.38 Å². The van der Waals surface area contributed by atoms with Crippen LogP contribution in [0.5, 0.6) is 0 Å². The zero-order valence-electron chi connectivity index (χ0n) is 12.7. The van der Waals surface area contributed by atoms with Crippen molar-refractivity contribution in [1.82, 2.24) is 4.98 Å². The Morgan fingerprint density at radius 3 is 2.70 bits per heavy atom. The smallest absolute Gasteiger partial charge is 0.315 e. The van der Waals surface area contributed by atoms with Crippen LogP contribution >= 0.6 is 11.3 Å². The lowest BCUT2D eigenvalue weighted by Crippen LogP contribution is -2.30. The molecule has 1 heterocycles. The van der Waals surface area contributed by atoms with Gasteiger partial charge in [0.05, 0.1) is 5.69 Å². The molecule has 2 rings (SSSR count). The number of carboxylic acid groups (broad SMARTS) is 1. The fraction of sp³-hybridized carbons (Fsp3) is 0.733. The van der Waals surface area contributed by atoms with Crippen molar-refractivity contribution in [2.24, 2.45) is 5.92 Å². The van der Waals surface area contributed by atoms with Gasteiger partial charge in [-0.15, -0.1) is 11.3 Å². The van der Waals surface area contributed by atoms with Crippen molar-refractivity contribution in [3.05, 3.63) is 11.1 Å². The Morgan fingerprint density at radius 1 is 1.55 bits per heavy atom. The minimum atomic E-state index is -0.915. The van der Waals surface area contributed by atoms with Gasteiger partial charge in [-0.25, -0.2) is 4.98 Å². The van der Waals surface area contributed by atoms with Crippen LogP contribution in [0.3, 0.4) is 0 Å². The molecule has 1 saturated carbocycles. The third kappa shape index (κ3) is 3.32. The maximum Gasteiger partial charge on any atom is 0.315 e. The second-order valence-corrected chi connectivity index (χ2v) is 7.39. The fourth-order valence-electron chi connectivity index (χ4n) is 2.01. The lowest BCUT2D eigenvalue weighted by atomic mass is 9.90. The van der Waals surface area contributed by atoms with Gasteiger partial charge in [-0.1, -0.05) is 13.8 Å². The Bertz CT molecular complexity index is 478. The van der Waals surface area contributed by atoms with Crippen LogP contribution in [0.2, 0.25) is 0 Å². The SMILES string of the molecule is CC(C)CCN(c1nc(C(C)(C)C(=O)O)cs1)C1CC1. The van der Waals surface area contributed by atoms with E-state index in [0.717, 1.165) is 18.1 Å². The number of rotatable bonds is 7. The summed E-state index contributed by atoms with van der Waals surface area (Å²) in [6.45, 7) is 8.90. The number of hydrogen-bond donors (Lipinski definition) is 1. The molecule has 1 fully saturated rings. The molecule has 0 aromatic carbocycles. The van der Waals surface area contributed by atoms with Crippen LogP contribution in [-0.4, -0.2) is 28.6 Å². The largest absolute Gasteiger partial charge is 0.481 e. The third-order valence-corrected chi connectivity index (χ3v) is 4.73. The highest BCUT2D eigenvalue weighted by molar-refractivity contribution is 7.13. The van der Waals surface area contributed by atoms with Gasteiger partial charge in [-0.05, 0) is 39.0 Å². The average Bonchev–Trinajstić information content (AvgIpc) is 3.05. The first-order chi connectivity index (χ1) is 9.32. The molecular weight excluding hydrogens is 272 g/mol. The summed E-state index contributed by atoms with van der Waals surface area (Å²) in [6.07, 6.45) is 3.61. The number of nitrogens with zero attached hydrogens (tertiary/aromatic N) is 2. The van der Waals surface area contributed by atoms with Crippen LogP contribution in [0, 0.1) is 5.92 Å². The number of hydrogen-bond acceptors (Lipinski definition) is 4. The van der Waals surface area contributed by atoms with Crippen molar-refractivity contribution < 1.29 is 9.90 Å². The first-order valence-electron chi connectivity index (χ1n) is 7.28. The van der Waals surface area contributed by atoms with Gasteiger partial charge in [-0.3, -0.25) is 4.79 Å². The summed E-state index contributed by atoms with van der Waals surface area (Å²) in [7, 11) is 0. The minimum Gasteiger partial charge on any atom is -0.481 e. The molecule has 1 aromatic rings. The van der Waals surface area contributed by atoms with Crippen LogP contribution in [0.15, 0.2) is 5.38 Å². The minimum absolute atomic E-state index is 0.612. The van der Waals surface area contributed by atoms with Gasteiger partial charge < -0.3 is 10.0 Å². The molecule has 112 valence electrons. The van der Waals surface area contributed by atoms with E-state index in [9.17, 15) is 9.90 Å². The number of thiazole rings is 1. The number of anilines is 1. The molecule has 1 aliphatic carbocycles. The second kappa shape index (κ2) is 5.72. The van der Waals surface area contributed by atoms with Crippen molar-refractivity contribution in [1.29, 1.82) is 0 Å². The zero-order valence-corrected chi connectivity index (χ0v) is 13.5. The highest BCUT2D eigenvalue weighted by Crippen LogP contribution is 2.36. The molecule has 0 atom stereocenters. The lowest BCUT2D eigenvalue weighted by Gasteiger charge is -2.23. The van der Waals surface area contributed by atoms with Gasteiger partial charge in [0.15, 0.2) is 5.13 Å². The molecule has 0 saturated heterocycles. The van der Waals surface area contributed by atoms with Crippen molar-refractivity contribution in [2.75, 3.05) is 11.4 Å². The van der Waals surface area contributed by atoms with Crippen LogP contribution in [0.4, 0.5) is 5.13 Å². The van der Waals surface area contributed by atoms with E-state index in [0.29, 0.717) is 17.7 Å². The molecule has 4 nitrogen and oxygen atoms in total. The molecule has 0 spiro atoms. The van der Waals surface area contributed by atoms with Crippen molar-refractivity contribution in [3.8, 4) is 0 Å². The fourth-order valence-corrected chi connectivity index (χ4v) is 3.10. The summed E-state index contributed by atoms with van der Waals surface area (Å²) in [5.74, 6) is -0.152. The quantitative estimate of drug-likeness (QED) is 0.836. The summed E-state index contributed by atoms with van der Waals surface area (Å²) in [4.78, 5) is 18.3. The molecular formula is C15H24N2O2S. The molecule has 0 amide bonds. The van der Waals surface area contributed by atoms with Gasteiger partial charge in [-0.2, -0.15) is 0 Å². The molecule has 1 N–H and O–H groups in total. The van der Waals surface area contributed by atoms with Gasteiger partial charge in [0.2, 0.25) is 0 Å². The highest BCUT2D eigenvalue weighted by atomic mass is 32.1. The topological polar surface area (TPSA) is 53.4 Å². The molecule has 1 aromatic heterocycles. The first kappa shape index (κ1) is 15.3. The van der Waals surface area contributed by atoms with Crippen molar-refractivity contribution in [2.45, 2.75) is 58.4 Å². The van der Waals surface area contributed by atoms with Gasteiger partial charge in [0, 0.05) is 18.0 Å². The zero-order chi connectivity index (χ0) is 14.9. The van der Waals surface area contributed by atoms with E-state index in [1.165, 1.54) is 12.8 Å². The predicted octanol–water partition coefficient (Wildman–Crippen LogP) is 3.52. The van der Waals surface area contributed by atoms with Crippen LogP contribution in [0.25, 0.3) is 0 Å². The second-order valence-electron chi connectivity index (χ2n) is 6.55. The van der Waals surface area contributed by atoms with E-state index in [4.69, 9.17) is 0 Å².